The topological polar surface area (TPSA) is 29.5 Å². The quantitative estimate of drug-likeness (QED) is 0.325. The van der Waals surface area contributed by atoms with Gasteiger partial charge >= 0.3 is 0 Å². The fourth-order valence-corrected chi connectivity index (χ4v) is 4.27. The molecule has 30 heavy (non-hydrogen) atoms. The normalized spacial score (nSPS) is 10.6. The van der Waals surface area contributed by atoms with Gasteiger partial charge in [0.05, 0.1) is 9.88 Å². The molecule has 0 bridgehead atoms. The van der Waals surface area contributed by atoms with E-state index in [9.17, 15) is 4.79 Å². The first-order valence-corrected chi connectivity index (χ1v) is 10.6. The highest BCUT2D eigenvalue weighted by Gasteiger charge is 2.18. The van der Waals surface area contributed by atoms with E-state index in [-0.39, 0.29) is 5.78 Å². The van der Waals surface area contributed by atoms with Gasteiger partial charge in [-0.2, -0.15) is 0 Å². The summed E-state index contributed by atoms with van der Waals surface area (Å²) in [6, 6.07) is 27.4. The average Bonchev–Trinajstić information content (AvgIpc) is 3.21. The second kappa shape index (κ2) is 8.56. The Morgan fingerprint density at radius 1 is 0.833 bits per heavy atom. The molecule has 3 aromatic carbocycles. The van der Waals surface area contributed by atoms with Crippen molar-refractivity contribution in [3.63, 3.8) is 0 Å². The van der Waals surface area contributed by atoms with E-state index in [0.29, 0.717) is 5.56 Å². The van der Waals surface area contributed by atoms with E-state index in [1.807, 2.05) is 106 Å². The second-order valence-electron chi connectivity index (χ2n) is 7.36. The maximum Gasteiger partial charge on any atom is 0.203 e. The summed E-state index contributed by atoms with van der Waals surface area (Å²) in [5.41, 5.74) is 3.96. The number of para-hydroxylation sites is 1. The number of ether oxygens (including phenoxy) is 1. The van der Waals surface area contributed by atoms with Crippen LogP contribution in [0.25, 0.3) is 11.1 Å². The zero-order chi connectivity index (χ0) is 21.1. The number of thiophene rings is 1. The van der Waals surface area contributed by atoms with Crippen LogP contribution in [0.3, 0.4) is 0 Å². The largest absolute Gasteiger partial charge is 0.457 e. The molecule has 0 radical (unpaired) electrons. The van der Waals surface area contributed by atoms with Crippen molar-refractivity contribution >= 4 is 22.1 Å². The third-order valence-electron chi connectivity index (χ3n) is 4.80. The Hall–Kier alpha value is -3.37. The van der Waals surface area contributed by atoms with E-state index >= 15 is 0 Å². The number of hydrogen-bond acceptors (Lipinski definition) is 4. The minimum atomic E-state index is 0.0541. The molecule has 0 aliphatic carbocycles. The lowest BCUT2D eigenvalue weighted by molar-refractivity contribution is 0.104. The van der Waals surface area contributed by atoms with Crippen molar-refractivity contribution in [2.24, 2.45) is 0 Å². The molecule has 4 aromatic rings. The molecule has 0 saturated carbocycles. The van der Waals surface area contributed by atoms with Crippen LogP contribution < -0.4 is 9.64 Å². The second-order valence-corrected chi connectivity index (χ2v) is 8.39. The fourth-order valence-electron chi connectivity index (χ4n) is 3.21. The molecule has 150 valence electrons. The Balaban J connectivity index is 1.63. The summed E-state index contributed by atoms with van der Waals surface area (Å²) in [5.74, 6) is 1.64. The molecular weight excluding hydrogens is 390 g/mol. The molecule has 3 nitrogen and oxygen atoms in total. The Morgan fingerprint density at radius 3 is 2.10 bits per heavy atom. The fraction of sp³-hybridized carbons (Fsp3) is 0.115. The van der Waals surface area contributed by atoms with Crippen molar-refractivity contribution in [3.05, 3.63) is 101 Å². The minimum Gasteiger partial charge on any atom is -0.457 e. The summed E-state index contributed by atoms with van der Waals surface area (Å²) < 4.78 is 5.90. The van der Waals surface area contributed by atoms with Crippen molar-refractivity contribution in [1.29, 1.82) is 0 Å². The number of anilines is 1. The summed E-state index contributed by atoms with van der Waals surface area (Å²) in [4.78, 5) is 15.8. The number of nitrogens with zero attached hydrogens (tertiary/aromatic N) is 1. The van der Waals surface area contributed by atoms with E-state index in [2.05, 4.69) is 4.90 Å². The molecule has 0 aliphatic heterocycles. The first-order chi connectivity index (χ1) is 14.5. The van der Waals surface area contributed by atoms with Gasteiger partial charge in [0.1, 0.15) is 11.5 Å². The molecule has 0 N–H and O–H groups in total. The molecule has 1 heterocycles. The van der Waals surface area contributed by atoms with Crippen molar-refractivity contribution in [2.75, 3.05) is 19.0 Å². The summed E-state index contributed by atoms with van der Waals surface area (Å²) in [6.07, 6.45) is 0. The molecule has 4 heteroatoms. The van der Waals surface area contributed by atoms with E-state index in [4.69, 9.17) is 4.74 Å². The number of ketones is 1. The van der Waals surface area contributed by atoms with Crippen LogP contribution in [0.1, 0.15) is 20.8 Å². The Kier molecular flexibility index (Phi) is 5.68. The average molecular weight is 414 g/mol. The van der Waals surface area contributed by atoms with Crippen molar-refractivity contribution in [2.45, 2.75) is 6.92 Å². The van der Waals surface area contributed by atoms with Crippen LogP contribution in [0, 0.1) is 6.92 Å². The lowest BCUT2D eigenvalue weighted by Gasteiger charge is -2.13. The van der Waals surface area contributed by atoms with Crippen molar-refractivity contribution in [3.8, 4) is 22.6 Å². The third-order valence-corrected chi connectivity index (χ3v) is 6.10. The van der Waals surface area contributed by atoms with Crippen molar-refractivity contribution < 1.29 is 9.53 Å². The van der Waals surface area contributed by atoms with Crippen molar-refractivity contribution in [1.82, 2.24) is 0 Å². The molecule has 0 fully saturated rings. The van der Waals surface area contributed by atoms with Crippen LogP contribution in [0.5, 0.6) is 11.5 Å². The standard InChI is InChI=1S/C26H23NO2S/c1-18-9-11-20(12-10-18)25(28)24-17-23(26(30-24)27(2)3)19-13-15-22(16-14-19)29-21-7-5-4-6-8-21/h4-17H,1-3H3. The minimum absolute atomic E-state index is 0.0541. The highest BCUT2D eigenvalue weighted by atomic mass is 32.1. The number of carbonyl (C=O) groups is 1. The molecule has 0 unspecified atom stereocenters. The van der Waals surface area contributed by atoms with Crippen LogP contribution in [-0.2, 0) is 0 Å². The molecule has 0 atom stereocenters. The van der Waals surface area contributed by atoms with Crippen LogP contribution in [-0.4, -0.2) is 19.9 Å². The number of hydrogen-bond donors (Lipinski definition) is 0. The maximum atomic E-state index is 13.0. The Bertz CT molecular complexity index is 1140. The van der Waals surface area contributed by atoms with Crippen LogP contribution in [0.4, 0.5) is 5.00 Å². The molecule has 0 amide bonds. The monoisotopic (exact) mass is 413 g/mol. The van der Waals surface area contributed by atoms with E-state index in [1.165, 1.54) is 11.3 Å². The molecule has 0 saturated heterocycles. The SMILES string of the molecule is Cc1ccc(C(=O)c2cc(-c3ccc(Oc4ccccc4)cc3)c(N(C)C)s2)cc1. The van der Waals surface area contributed by atoms with Gasteiger partial charge in [-0.3, -0.25) is 4.79 Å². The van der Waals surface area contributed by atoms with Crippen LogP contribution >= 0.6 is 11.3 Å². The molecule has 0 aliphatic rings. The van der Waals surface area contributed by atoms with E-state index < -0.39 is 0 Å². The molecular formula is C26H23NO2S. The zero-order valence-corrected chi connectivity index (χ0v) is 18.1. The lowest BCUT2D eigenvalue weighted by atomic mass is 10.0. The highest BCUT2D eigenvalue weighted by molar-refractivity contribution is 7.18. The number of aryl methyl sites for hydroxylation is 1. The summed E-state index contributed by atoms with van der Waals surface area (Å²) in [5, 5.41) is 1.06. The smallest absolute Gasteiger partial charge is 0.203 e. The van der Waals surface area contributed by atoms with Gasteiger partial charge in [0.25, 0.3) is 0 Å². The predicted molar refractivity (Wildman–Crippen MR) is 125 cm³/mol. The molecule has 0 spiro atoms. The summed E-state index contributed by atoms with van der Waals surface area (Å²) in [7, 11) is 4.00. The first kappa shape index (κ1) is 19.9. The van der Waals surface area contributed by atoms with Gasteiger partial charge in [0.2, 0.25) is 5.78 Å². The van der Waals surface area contributed by atoms with Crippen LogP contribution in [0.2, 0.25) is 0 Å². The predicted octanol–water partition coefficient (Wildman–Crippen LogP) is 6.81. The maximum absolute atomic E-state index is 13.0. The highest BCUT2D eigenvalue weighted by Crippen LogP contribution is 2.39. The molecule has 4 rings (SSSR count). The van der Waals surface area contributed by atoms with E-state index in [0.717, 1.165) is 38.1 Å². The van der Waals surface area contributed by atoms with Gasteiger partial charge in [-0.05, 0) is 42.8 Å². The Morgan fingerprint density at radius 2 is 1.47 bits per heavy atom. The number of rotatable bonds is 6. The first-order valence-electron chi connectivity index (χ1n) is 9.77. The molecule has 1 aromatic heterocycles. The van der Waals surface area contributed by atoms with Crippen LogP contribution in [0.15, 0.2) is 84.9 Å². The Labute approximate surface area is 181 Å². The summed E-state index contributed by atoms with van der Waals surface area (Å²) >= 11 is 1.52. The van der Waals surface area contributed by atoms with E-state index in [1.54, 1.807) is 0 Å². The van der Waals surface area contributed by atoms with Gasteiger partial charge in [0, 0.05) is 25.2 Å². The third kappa shape index (κ3) is 4.29. The lowest BCUT2D eigenvalue weighted by Crippen LogP contribution is -2.07. The number of benzene rings is 3. The summed E-state index contributed by atoms with van der Waals surface area (Å²) in [6.45, 7) is 2.02. The van der Waals surface area contributed by atoms with Gasteiger partial charge < -0.3 is 9.64 Å². The van der Waals surface area contributed by atoms with Gasteiger partial charge in [-0.25, -0.2) is 0 Å². The number of carbonyl (C=O) groups excluding carboxylic acids is 1. The van der Waals surface area contributed by atoms with Gasteiger partial charge in [0.15, 0.2) is 0 Å². The van der Waals surface area contributed by atoms with Gasteiger partial charge in [-0.1, -0.05) is 60.2 Å². The van der Waals surface area contributed by atoms with Gasteiger partial charge in [-0.15, -0.1) is 11.3 Å². The zero-order valence-electron chi connectivity index (χ0n) is 17.3.